The number of carbonyl (C=O) groups is 4. The molecule has 6 N–H and O–H groups in total. The van der Waals surface area contributed by atoms with Crippen molar-refractivity contribution in [3.8, 4) is 0 Å². The number of hydrogen-bond donors (Lipinski definition) is 5. The van der Waals surface area contributed by atoms with E-state index in [1.165, 1.54) is 12.0 Å². The van der Waals surface area contributed by atoms with Crippen LogP contribution >= 0.6 is 0 Å². The van der Waals surface area contributed by atoms with Crippen molar-refractivity contribution in [1.29, 1.82) is 0 Å². The molecule has 0 aromatic carbocycles. The van der Waals surface area contributed by atoms with E-state index in [4.69, 9.17) is 24.7 Å². The molecule has 16 atom stereocenters. The highest BCUT2D eigenvalue weighted by Crippen LogP contribution is 2.42. The first-order valence-corrected chi connectivity index (χ1v) is 25.5. The molecule has 69 heavy (non-hydrogen) atoms. The fraction of sp³-hybridized carbons (Fsp3) is 0.685. The van der Waals surface area contributed by atoms with Gasteiger partial charge in [-0.2, -0.15) is 0 Å². The first-order chi connectivity index (χ1) is 32.9. The molecular formula is C54H80N4O11. The summed E-state index contributed by atoms with van der Waals surface area (Å²) in [5.74, 6) is -6.12. The predicted molar refractivity (Wildman–Crippen MR) is 262 cm³/mol. The van der Waals surface area contributed by atoms with Crippen molar-refractivity contribution >= 4 is 29.1 Å². The number of anilines is 1. The van der Waals surface area contributed by atoms with E-state index in [2.05, 4.69) is 10.3 Å². The number of aromatic nitrogens is 1. The molecule has 1 aromatic heterocycles. The number of nitrogens with one attached hydrogen (secondary N) is 1. The van der Waals surface area contributed by atoms with Crippen LogP contribution in [0.2, 0.25) is 0 Å². The van der Waals surface area contributed by atoms with Crippen molar-refractivity contribution in [2.45, 2.75) is 179 Å². The summed E-state index contributed by atoms with van der Waals surface area (Å²) in [4.78, 5) is 62.7. The molecule has 382 valence electrons. The van der Waals surface area contributed by atoms with E-state index in [1.807, 2.05) is 63.3 Å². The lowest BCUT2D eigenvalue weighted by atomic mass is 9.73. The standard InChI is InChI=1S/C54H80N4O11/c1-32-12-9-8-10-13-33(2)43(57-41-14-11-22-56-31-41)30-42-18-15-36(5)54(65,69-42)51(62)52(63)58-23-21-38-27-39(26-37-16-19-45(59)47(29-37)66-6)46(68-53(64)44(58)28-38)20-17-40(55)25-35(4)49(61)50(67-7)48(60)34(3)24-32/h8-14,22,25,31-32,34,36-40,42-47,49-50,57,59,61,65H,15-21,23-24,26-30,55H2,1-7H3/b10-8+,12-9+,33-13+,35-25+/t32-,34-,36-,37?,38?,39?,40+,42?,43+,44?,45-,46+,47-,49-,50+,54-/m1/s1. The largest absolute Gasteiger partial charge is 0.461 e. The Morgan fingerprint density at radius 2 is 1.68 bits per heavy atom. The van der Waals surface area contributed by atoms with Crippen LogP contribution in [-0.2, 0) is 38.1 Å². The Bertz CT molecular complexity index is 2030. The van der Waals surface area contributed by atoms with Gasteiger partial charge in [0.05, 0.1) is 24.0 Å². The lowest BCUT2D eigenvalue weighted by molar-refractivity contribution is -0.263. The number of hydrogen-bond acceptors (Lipinski definition) is 14. The summed E-state index contributed by atoms with van der Waals surface area (Å²) < 4.78 is 24.1. The molecule has 6 rings (SSSR count). The Morgan fingerprint density at radius 3 is 2.41 bits per heavy atom. The summed E-state index contributed by atoms with van der Waals surface area (Å²) in [6.45, 7) is 9.45. The number of aliphatic hydroxyl groups excluding tert-OH is 2. The molecule has 5 unspecified atom stereocenters. The zero-order valence-corrected chi connectivity index (χ0v) is 41.9. The Balaban J connectivity index is 1.31. The van der Waals surface area contributed by atoms with E-state index in [-0.39, 0.29) is 48.1 Å². The number of ketones is 2. The highest BCUT2D eigenvalue weighted by atomic mass is 16.6. The maximum Gasteiger partial charge on any atom is 0.329 e. The molecule has 15 nitrogen and oxygen atoms in total. The lowest BCUT2D eigenvalue weighted by Gasteiger charge is -2.45. The summed E-state index contributed by atoms with van der Waals surface area (Å²) in [5.41, 5.74) is 8.95. The minimum atomic E-state index is -2.41. The van der Waals surface area contributed by atoms with Crippen LogP contribution in [-0.4, -0.2) is 130 Å². The average molecular weight is 961 g/mol. The summed E-state index contributed by atoms with van der Waals surface area (Å²) in [5, 5.41) is 37.8. The topological polar surface area (TPSA) is 220 Å². The Hall–Kier alpha value is -4.09. The molecule has 4 fully saturated rings. The second-order valence-electron chi connectivity index (χ2n) is 21.0. The van der Waals surface area contributed by atoms with Crippen LogP contribution in [0.5, 0.6) is 0 Å². The molecule has 3 saturated heterocycles. The Labute approximate surface area is 409 Å². The second-order valence-corrected chi connectivity index (χ2v) is 21.0. The predicted octanol–water partition coefficient (Wildman–Crippen LogP) is 6.16. The van der Waals surface area contributed by atoms with Crippen molar-refractivity contribution in [3.63, 3.8) is 0 Å². The van der Waals surface area contributed by atoms with E-state index in [0.717, 1.165) is 30.5 Å². The normalized spacial score (nSPS) is 40.9. The van der Waals surface area contributed by atoms with Gasteiger partial charge >= 0.3 is 5.97 Å². The van der Waals surface area contributed by atoms with Gasteiger partial charge in [0.1, 0.15) is 24.4 Å². The molecular weight excluding hydrogens is 881 g/mol. The van der Waals surface area contributed by atoms with Gasteiger partial charge in [-0.15, -0.1) is 0 Å². The van der Waals surface area contributed by atoms with E-state index >= 15 is 0 Å². The number of carbonyl (C=O) groups excluding carboxylic acids is 4. The van der Waals surface area contributed by atoms with Crippen molar-refractivity contribution in [2.75, 3.05) is 26.1 Å². The number of rotatable bonds is 6. The third kappa shape index (κ3) is 13.9. The SMILES string of the molecule is CO[C@@H]1CC(CC2CC3CCN4C(=O)C(=O)[C@]5(O)OC(CC[C@H]5C)C[C@H](Nc5cccnc5)/C(C)=C/C=C/C=C/[C@@H](C)C[C@@H](C)C(=O)[C@H](OC)[C@H](O)/C(C)=C/[C@@H](N)CC[C@@H]2OC(=O)C4C3)CC[C@H]1O. The number of piperidine rings is 1. The number of allylic oxidation sites excluding steroid dienone is 5. The van der Waals surface area contributed by atoms with Crippen LogP contribution in [0.15, 0.2) is 72.1 Å². The third-order valence-corrected chi connectivity index (χ3v) is 15.8. The fourth-order valence-electron chi connectivity index (χ4n) is 11.5. The number of pyridine rings is 1. The first-order valence-electron chi connectivity index (χ1n) is 25.5. The first kappa shape index (κ1) is 54.2. The van der Waals surface area contributed by atoms with Crippen molar-refractivity contribution in [1.82, 2.24) is 9.88 Å². The van der Waals surface area contributed by atoms with Crippen LogP contribution in [0.25, 0.3) is 0 Å². The summed E-state index contributed by atoms with van der Waals surface area (Å²) >= 11 is 0. The fourth-order valence-corrected chi connectivity index (χ4v) is 11.5. The molecule has 1 saturated carbocycles. The number of esters is 1. The van der Waals surface area contributed by atoms with Gasteiger partial charge in [-0.25, -0.2) is 4.79 Å². The van der Waals surface area contributed by atoms with Gasteiger partial charge in [-0.3, -0.25) is 19.4 Å². The van der Waals surface area contributed by atoms with Gasteiger partial charge in [0.2, 0.25) is 5.79 Å². The lowest BCUT2D eigenvalue weighted by Crippen LogP contribution is -2.61. The molecule has 0 spiro atoms. The number of ether oxygens (including phenoxy) is 4. The third-order valence-electron chi connectivity index (χ3n) is 15.8. The van der Waals surface area contributed by atoms with Crippen molar-refractivity contribution < 1.29 is 53.4 Å². The van der Waals surface area contributed by atoms with Gasteiger partial charge < -0.3 is 50.2 Å². The molecule has 4 aliphatic heterocycles. The maximum atomic E-state index is 14.5. The highest BCUT2D eigenvalue weighted by molar-refractivity contribution is 6.39. The van der Waals surface area contributed by atoms with Crippen molar-refractivity contribution in [3.05, 3.63) is 72.1 Å². The van der Waals surface area contributed by atoms with Crippen molar-refractivity contribution in [2.24, 2.45) is 41.2 Å². The zero-order valence-electron chi connectivity index (χ0n) is 41.9. The molecule has 0 radical (unpaired) electrons. The molecule has 5 heterocycles. The smallest absolute Gasteiger partial charge is 0.329 e. The maximum absolute atomic E-state index is 14.5. The Kier molecular flexibility index (Phi) is 19.5. The van der Waals surface area contributed by atoms with Gasteiger partial charge in [0, 0.05) is 57.1 Å². The molecule has 5 aliphatic rings. The number of nitrogens with two attached hydrogens (primary N) is 1. The number of Topliss-reactive ketones (excluding diaryl/α,β-unsaturated/α-hetero) is 2. The number of methoxy groups -OCH3 is 2. The van der Waals surface area contributed by atoms with Crippen LogP contribution in [0, 0.1) is 35.5 Å². The second kappa shape index (κ2) is 24.8. The van der Waals surface area contributed by atoms with Gasteiger partial charge in [0.25, 0.3) is 11.7 Å². The summed E-state index contributed by atoms with van der Waals surface area (Å²) in [7, 11) is 3.03. The van der Waals surface area contributed by atoms with E-state index in [1.54, 1.807) is 39.4 Å². The van der Waals surface area contributed by atoms with Crippen LogP contribution < -0.4 is 11.1 Å². The quantitative estimate of drug-likeness (QED) is 0.123. The van der Waals surface area contributed by atoms with E-state index in [9.17, 15) is 34.5 Å². The van der Waals surface area contributed by atoms with Gasteiger partial charge in [-0.05, 0) is 139 Å². The molecule has 1 aliphatic carbocycles. The van der Waals surface area contributed by atoms with Crippen LogP contribution in [0.1, 0.15) is 118 Å². The summed E-state index contributed by atoms with van der Waals surface area (Å²) in [6.07, 6.45) is 17.7. The van der Waals surface area contributed by atoms with E-state index < -0.39 is 77.9 Å². The van der Waals surface area contributed by atoms with Crippen LogP contribution in [0.4, 0.5) is 5.69 Å². The zero-order chi connectivity index (χ0) is 50.0. The molecule has 1 amide bonds. The molecule has 1 aromatic rings. The van der Waals surface area contributed by atoms with Gasteiger partial charge in [-0.1, -0.05) is 62.8 Å². The molecule has 15 heteroatoms. The van der Waals surface area contributed by atoms with E-state index in [0.29, 0.717) is 69.8 Å². The number of aliphatic hydroxyl groups is 3. The summed E-state index contributed by atoms with van der Waals surface area (Å²) in [6, 6.07) is 1.83. The minimum absolute atomic E-state index is 0.0354. The Morgan fingerprint density at radius 1 is 0.899 bits per heavy atom. The minimum Gasteiger partial charge on any atom is -0.461 e. The highest BCUT2D eigenvalue weighted by Gasteiger charge is 2.54. The number of nitrogens with zero attached hydrogens (tertiary/aromatic N) is 2. The molecule has 5 bridgehead atoms. The monoisotopic (exact) mass is 961 g/mol. The van der Waals surface area contributed by atoms with Crippen LogP contribution in [0.3, 0.4) is 0 Å². The number of amides is 1. The van der Waals surface area contributed by atoms with Gasteiger partial charge in [0.15, 0.2) is 5.78 Å². The number of fused-ring (bicyclic) bond motifs is 5. The average Bonchev–Trinajstić information content (AvgIpc) is 3.33.